The van der Waals surface area contributed by atoms with Crippen molar-refractivity contribution in [3.05, 3.63) is 65.7 Å². The Morgan fingerprint density at radius 2 is 1.96 bits per heavy atom. The molecule has 4 nitrogen and oxygen atoms in total. The maximum absolute atomic E-state index is 13.8. The number of carbonyl (C=O) groups is 1. The number of imidazole rings is 1. The summed E-state index contributed by atoms with van der Waals surface area (Å²) >= 11 is 0. The topological polar surface area (TPSA) is 57.8 Å². The highest BCUT2D eigenvalue weighted by atomic mass is 19.1. The van der Waals surface area contributed by atoms with E-state index >= 15 is 0 Å². The summed E-state index contributed by atoms with van der Waals surface area (Å²) < 4.78 is 13.8. The van der Waals surface area contributed by atoms with Crippen LogP contribution in [0.15, 0.2) is 48.5 Å². The number of rotatable bonds is 5. The minimum atomic E-state index is -0.523. The molecule has 5 heteroatoms. The van der Waals surface area contributed by atoms with E-state index in [4.69, 9.17) is 0 Å². The Kier molecular flexibility index (Phi) is 4.37. The number of halogens is 1. The number of aromatic amines is 1. The average molecular weight is 311 g/mol. The second kappa shape index (κ2) is 6.60. The quantitative estimate of drug-likeness (QED) is 0.749. The molecular formula is C18H18FN3O. The van der Waals surface area contributed by atoms with Crippen LogP contribution in [0.4, 0.5) is 4.39 Å². The molecule has 3 rings (SSSR count). The van der Waals surface area contributed by atoms with Gasteiger partial charge in [0.1, 0.15) is 11.6 Å². The van der Waals surface area contributed by atoms with Gasteiger partial charge in [-0.2, -0.15) is 0 Å². The number of benzene rings is 2. The van der Waals surface area contributed by atoms with E-state index in [1.807, 2.05) is 31.2 Å². The van der Waals surface area contributed by atoms with Gasteiger partial charge < -0.3 is 10.3 Å². The van der Waals surface area contributed by atoms with Gasteiger partial charge in [0.25, 0.3) is 5.91 Å². The number of nitrogens with one attached hydrogen (secondary N) is 2. The Morgan fingerprint density at radius 3 is 2.70 bits per heavy atom. The van der Waals surface area contributed by atoms with E-state index in [9.17, 15) is 9.18 Å². The van der Waals surface area contributed by atoms with E-state index in [1.165, 1.54) is 12.1 Å². The zero-order valence-corrected chi connectivity index (χ0v) is 12.8. The van der Waals surface area contributed by atoms with E-state index in [0.29, 0.717) is 5.82 Å². The maximum atomic E-state index is 13.8. The van der Waals surface area contributed by atoms with Crippen LogP contribution in [0.3, 0.4) is 0 Å². The monoisotopic (exact) mass is 311 g/mol. The van der Waals surface area contributed by atoms with Crippen LogP contribution in [-0.2, 0) is 0 Å². The maximum Gasteiger partial charge on any atom is 0.254 e. The van der Waals surface area contributed by atoms with Gasteiger partial charge in [0.2, 0.25) is 0 Å². The van der Waals surface area contributed by atoms with Gasteiger partial charge in [0.15, 0.2) is 0 Å². The summed E-state index contributed by atoms with van der Waals surface area (Å²) in [7, 11) is 0. The minimum absolute atomic E-state index is 0.0460. The molecule has 2 aromatic carbocycles. The predicted molar refractivity (Wildman–Crippen MR) is 87.6 cm³/mol. The zero-order chi connectivity index (χ0) is 16.2. The Balaban J connectivity index is 1.87. The summed E-state index contributed by atoms with van der Waals surface area (Å²) in [6.07, 6.45) is 1.60. The molecule has 1 aromatic heterocycles. The summed E-state index contributed by atoms with van der Waals surface area (Å²) in [6.45, 7) is 2.03. The van der Waals surface area contributed by atoms with Crippen molar-refractivity contribution in [3.63, 3.8) is 0 Å². The zero-order valence-electron chi connectivity index (χ0n) is 12.8. The number of nitrogens with zero attached hydrogens (tertiary/aromatic N) is 1. The number of amides is 1. The van der Waals surface area contributed by atoms with Crippen LogP contribution in [0, 0.1) is 5.82 Å². The lowest BCUT2D eigenvalue weighted by Crippen LogP contribution is -2.29. The van der Waals surface area contributed by atoms with Crippen molar-refractivity contribution in [2.75, 3.05) is 0 Å². The lowest BCUT2D eigenvalue weighted by Gasteiger charge is -2.16. The van der Waals surface area contributed by atoms with Crippen molar-refractivity contribution in [1.82, 2.24) is 15.3 Å². The number of aromatic nitrogens is 2. The number of hydrogen-bond donors (Lipinski definition) is 2. The fraction of sp³-hybridized carbons (Fsp3) is 0.222. The van der Waals surface area contributed by atoms with Crippen LogP contribution in [0.1, 0.15) is 42.0 Å². The van der Waals surface area contributed by atoms with Crippen LogP contribution < -0.4 is 5.32 Å². The third kappa shape index (κ3) is 3.23. The molecule has 0 aliphatic heterocycles. The third-order valence-corrected chi connectivity index (χ3v) is 3.74. The minimum Gasteiger partial charge on any atom is -0.342 e. The molecule has 0 aliphatic rings. The first kappa shape index (κ1) is 15.2. The van der Waals surface area contributed by atoms with Crippen LogP contribution in [0.2, 0.25) is 0 Å². The van der Waals surface area contributed by atoms with Gasteiger partial charge in [-0.05, 0) is 30.7 Å². The molecule has 0 saturated carbocycles. The molecule has 0 spiro atoms. The molecular weight excluding hydrogens is 293 g/mol. The molecule has 0 bridgehead atoms. The first-order chi connectivity index (χ1) is 11.2. The Morgan fingerprint density at radius 1 is 1.22 bits per heavy atom. The fourth-order valence-electron chi connectivity index (χ4n) is 2.58. The van der Waals surface area contributed by atoms with E-state index in [0.717, 1.165) is 23.9 Å². The molecule has 1 heterocycles. The second-order valence-corrected chi connectivity index (χ2v) is 5.43. The van der Waals surface area contributed by atoms with Crippen molar-refractivity contribution in [2.24, 2.45) is 0 Å². The lowest BCUT2D eigenvalue weighted by molar-refractivity contribution is 0.0928. The first-order valence-corrected chi connectivity index (χ1v) is 7.69. The summed E-state index contributed by atoms with van der Waals surface area (Å²) in [6, 6.07) is 13.4. The number of fused-ring (bicyclic) bond motifs is 1. The lowest BCUT2D eigenvalue weighted by atomic mass is 10.1. The van der Waals surface area contributed by atoms with Gasteiger partial charge in [0, 0.05) is 0 Å². The van der Waals surface area contributed by atoms with Crippen LogP contribution >= 0.6 is 0 Å². The van der Waals surface area contributed by atoms with Crippen molar-refractivity contribution in [1.29, 1.82) is 0 Å². The Labute approximate surface area is 133 Å². The highest BCUT2D eigenvalue weighted by molar-refractivity contribution is 5.94. The molecule has 23 heavy (non-hydrogen) atoms. The Hall–Kier alpha value is -2.69. The summed E-state index contributed by atoms with van der Waals surface area (Å²) in [4.78, 5) is 20.1. The van der Waals surface area contributed by atoms with Crippen molar-refractivity contribution in [3.8, 4) is 0 Å². The normalized spacial score (nSPS) is 12.3. The van der Waals surface area contributed by atoms with Gasteiger partial charge >= 0.3 is 0 Å². The van der Waals surface area contributed by atoms with Crippen molar-refractivity contribution < 1.29 is 9.18 Å². The van der Waals surface area contributed by atoms with Gasteiger partial charge in [-0.25, -0.2) is 9.37 Å². The van der Waals surface area contributed by atoms with E-state index in [1.54, 1.807) is 12.1 Å². The molecule has 3 aromatic rings. The molecule has 1 atom stereocenters. The Bertz CT molecular complexity index is 795. The van der Waals surface area contributed by atoms with E-state index in [-0.39, 0.29) is 11.6 Å². The summed E-state index contributed by atoms with van der Waals surface area (Å²) in [5.41, 5.74) is 1.82. The van der Waals surface area contributed by atoms with E-state index in [2.05, 4.69) is 15.3 Å². The highest BCUT2D eigenvalue weighted by Crippen LogP contribution is 2.20. The third-order valence-electron chi connectivity index (χ3n) is 3.74. The molecule has 118 valence electrons. The number of carbonyl (C=O) groups excluding carboxylic acids is 1. The number of hydrogen-bond acceptors (Lipinski definition) is 2. The highest BCUT2D eigenvalue weighted by Gasteiger charge is 2.20. The predicted octanol–water partition coefficient (Wildman–Crippen LogP) is 3.97. The van der Waals surface area contributed by atoms with Crippen molar-refractivity contribution >= 4 is 16.9 Å². The SMILES string of the molecule is CCC[C@@H](NC(=O)c1ccccc1F)c1nc2ccccc2[nH]1. The number of H-pyrrole nitrogens is 1. The molecule has 0 unspecified atom stereocenters. The number of para-hydroxylation sites is 2. The van der Waals surface area contributed by atoms with Crippen LogP contribution in [0.5, 0.6) is 0 Å². The molecule has 0 fully saturated rings. The summed E-state index contributed by atoms with van der Waals surface area (Å²) in [5, 5.41) is 2.88. The van der Waals surface area contributed by atoms with Crippen molar-refractivity contribution in [2.45, 2.75) is 25.8 Å². The van der Waals surface area contributed by atoms with Gasteiger partial charge in [-0.3, -0.25) is 4.79 Å². The standard InChI is InChI=1S/C18H18FN3O/c1-2-7-16(17-20-14-10-5-6-11-15(14)21-17)22-18(23)12-8-3-4-9-13(12)19/h3-6,8-11,16H,2,7H2,1H3,(H,20,21)(H,22,23)/t16-/m1/s1. The van der Waals surface area contributed by atoms with Gasteiger partial charge in [-0.1, -0.05) is 37.6 Å². The molecule has 0 radical (unpaired) electrons. The second-order valence-electron chi connectivity index (χ2n) is 5.43. The molecule has 0 saturated heterocycles. The molecule has 2 N–H and O–H groups in total. The van der Waals surface area contributed by atoms with Gasteiger partial charge in [-0.15, -0.1) is 0 Å². The first-order valence-electron chi connectivity index (χ1n) is 7.69. The van der Waals surface area contributed by atoms with Crippen LogP contribution in [-0.4, -0.2) is 15.9 Å². The molecule has 0 aliphatic carbocycles. The molecule has 1 amide bonds. The smallest absolute Gasteiger partial charge is 0.254 e. The summed E-state index contributed by atoms with van der Waals surface area (Å²) in [5.74, 6) is -0.260. The average Bonchev–Trinajstić information content (AvgIpc) is 2.98. The van der Waals surface area contributed by atoms with Gasteiger partial charge in [0.05, 0.1) is 22.6 Å². The fourth-order valence-corrected chi connectivity index (χ4v) is 2.58. The van der Waals surface area contributed by atoms with E-state index < -0.39 is 11.7 Å². The largest absolute Gasteiger partial charge is 0.342 e. The van der Waals surface area contributed by atoms with Crippen LogP contribution in [0.25, 0.3) is 11.0 Å².